The first-order valence-electron chi connectivity index (χ1n) is 8.81. The number of aromatic nitrogens is 2. The van der Waals surface area contributed by atoms with Gasteiger partial charge in [0, 0.05) is 6.20 Å². The Labute approximate surface area is 160 Å². The molecule has 3 aromatic carbocycles. The second-order valence-corrected chi connectivity index (χ2v) is 6.47. The van der Waals surface area contributed by atoms with Gasteiger partial charge in [0.15, 0.2) is 5.69 Å². The third-order valence-corrected chi connectivity index (χ3v) is 4.84. The van der Waals surface area contributed by atoms with Crippen molar-refractivity contribution < 1.29 is 13.2 Å². The van der Waals surface area contributed by atoms with Crippen molar-refractivity contribution in [1.29, 1.82) is 0 Å². The van der Waals surface area contributed by atoms with Crippen LogP contribution in [0.4, 0.5) is 13.2 Å². The average Bonchev–Trinajstić information content (AvgIpc) is 3.22. The van der Waals surface area contributed by atoms with Crippen LogP contribution in [0.2, 0.25) is 0 Å². The summed E-state index contributed by atoms with van der Waals surface area (Å²) in [5.41, 5.74) is 0.635. The van der Waals surface area contributed by atoms with Gasteiger partial charge in [-0.25, -0.2) is 4.98 Å². The fourth-order valence-corrected chi connectivity index (χ4v) is 3.64. The van der Waals surface area contributed by atoms with Crippen LogP contribution in [0.25, 0.3) is 0 Å². The zero-order valence-electron chi connectivity index (χ0n) is 14.8. The molecule has 0 saturated heterocycles. The lowest BCUT2D eigenvalue weighted by Crippen LogP contribution is -2.37. The average molecular weight is 378 g/mol. The SMILES string of the molecule is FC(F)(F)c1cn(C(c2ccccc2)(c2ccccc2)c2ccccc2)cn1. The smallest absolute Gasteiger partial charge is 0.318 e. The molecule has 4 aromatic rings. The Balaban J connectivity index is 2.09. The third-order valence-electron chi connectivity index (χ3n) is 4.84. The lowest BCUT2D eigenvalue weighted by atomic mass is 9.77. The van der Waals surface area contributed by atoms with Gasteiger partial charge in [-0.05, 0) is 16.7 Å². The van der Waals surface area contributed by atoms with Crippen molar-refractivity contribution >= 4 is 0 Å². The van der Waals surface area contributed by atoms with Gasteiger partial charge in [-0.15, -0.1) is 0 Å². The first kappa shape index (κ1) is 18.0. The summed E-state index contributed by atoms with van der Waals surface area (Å²) in [6.07, 6.45) is -2.18. The first-order chi connectivity index (χ1) is 13.5. The van der Waals surface area contributed by atoms with Crippen LogP contribution in [0.15, 0.2) is 104 Å². The Morgan fingerprint density at radius 2 is 1.00 bits per heavy atom. The number of imidazole rings is 1. The molecule has 0 bridgehead atoms. The minimum Gasteiger partial charge on any atom is -0.318 e. The number of alkyl halides is 3. The van der Waals surface area contributed by atoms with Crippen LogP contribution in [-0.4, -0.2) is 9.55 Å². The Morgan fingerprint density at radius 3 is 1.32 bits per heavy atom. The van der Waals surface area contributed by atoms with Crippen molar-refractivity contribution in [3.8, 4) is 0 Å². The molecule has 1 heterocycles. The highest BCUT2D eigenvalue weighted by Gasteiger charge is 2.41. The topological polar surface area (TPSA) is 17.8 Å². The monoisotopic (exact) mass is 378 g/mol. The summed E-state index contributed by atoms with van der Waals surface area (Å²) in [5.74, 6) is 0. The molecule has 1 aromatic heterocycles. The number of benzene rings is 3. The van der Waals surface area contributed by atoms with E-state index in [4.69, 9.17) is 0 Å². The number of nitrogens with zero attached hydrogens (tertiary/aromatic N) is 2. The van der Waals surface area contributed by atoms with Gasteiger partial charge in [0.05, 0.1) is 6.33 Å². The molecule has 0 aliphatic carbocycles. The molecule has 2 nitrogen and oxygen atoms in total. The summed E-state index contributed by atoms with van der Waals surface area (Å²) in [7, 11) is 0. The summed E-state index contributed by atoms with van der Waals surface area (Å²) >= 11 is 0. The number of hydrogen-bond acceptors (Lipinski definition) is 1. The van der Waals surface area contributed by atoms with E-state index in [1.165, 1.54) is 6.33 Å². The molecular weight excluding hydrogens is 361 g/mol. The summed E-state index contributed by atoms with van der Waals surface area (Å²) in [5, 5.41) is 0. The van der Waals surface area contributed by atoms with Gasteiger partial charge < -0.3 is 4.57 Å². The van der Waals surface area contributed by atoms with Crippen LogP contribution in [0.1, 0.15) is 22.4 Å². The van der Waals surface area contributed by atoms with E-state index in [0.717, 1.165) is 22.9 Å². The van der Waals surface area contributed by atoms with Crippen molar-refractivity contribution in [1.82, 2.24) is 9.55 Å². The van der Waals surface area contributed by atoms with Crippen molar-refractivity contribution in [3.63, 3.8) is 0 Å². The van der Waals surface area contributed by atoms with Gasteiger partial charge in [0.25, 0.3) is 0 Å². The van der Waals surface area contributed by atoms with Crippen molar-refractivity contribution in [3.05, 3.63) is 126 Å². The van der Waals surface area contributed by atoms with E-state index in [-0.39, 0.29) is 0 Å². The van der Waals surface area contributed by atoms with Crippen molar-refractivity contribution in [2.45, 2.75) is 11.7 Å². The third kappa shape index (κ3) is 2.99. The molecular formula is C23H17F3N2. The van der Waals surface area contributed by atoms with Gasteiger partial charge in [-0.1, -0.05) is 91.0 Å². The Hall–Kier alpha value is -3.34. The highest BCUT2D eigenvalue weighted by Crippen LogP contribution is 2.41. The van der Waals surface area contributed by atoms with Crippen LogP contribution >= 0.6 is 0 Å². The maximum absolute atomic E-state index is 13.3. The van der Waals surface area contributed by atoms with E-state index < -0.39 is 17.4 Å². The summed E-state index contributed by atoms with van der Waals surface area (Å²) < 4.78 is 41.5. The predicted octanol–water partition coefficient (Wildman–Crippen LogP) is 5.74. The van der Waals surface area contributed by atoms with Crippen molar-refractivity contribution in [2.24, 2.45) is 0 Å². The predicted molar refractivity (Wildman–Crippen MR) is 102 cm³/mol. The van der Waals surface area contributed by atoms with Gasteiger partial charge in [-0.3, -0.25) is 0 Å². The molecule has 0 amide bonds. The molecule has 0 aliphatic rings. The molecule has 0 radical (unpaired) electrons. The summed E-state index contributed by atoms with van der Waals surface area (Å²) in [6.45, 7) is 0. The molecule has 4 rings (SSSR count). The molecule has 5 heteroatoms. The fourth-order valence-electron chi connectivity index (χ4n) is 3.64. The molecule has 0 fully saturated rings. The maximum atomic E-state index is 13.3. The molecule has 0 aliphatic heterocycles. The number of hydrogen-bond donors (Lipinski definition) is 0. The molecule has 0 spiro atoms. The Morgan fingerprint density at radius 1 is 0.607 bits per heavy atom. The van der Waals surface area contributed by atoms with Gasteiger partial charge in [-0.2, -0.15) is 13.2 Å². The van der Waals surface area contributed by atoms with Crippen molar-refractivity contribution in [2.75, 3.05) is 0 Å². The van der Waals surface area contributed by atoms with E-state index in [0.29, 0.717) is 0 Å². The van der Waals surface area contributed by atoms with Crippen LogP contribution in [-0.2, 0) is 11.7 Å². The van der Waals surface area contributed by atoms with E-state index in [2.05, 4.69) is 4.98 Å². The lowest BCUT2D eigenvalue weighted by molar-refractivity contribution is -0.141. The van der Waals surface area contributed by atoms with E-state index in [9.17, 15) is 13.2 Å². The lowest BCUT2D eigenvalue weighted by Gasteiger charge is -2.37. The molecule has 140 valence electrons. The second kappa shape index (κ2) is 7.00. The summed E-state index contributed by atoms with van der Waals surface area (Å²) in [4.78, 5) is 3.67. The highest BCUT2D eigenvalue weighted by molar-refractivity contribution is 5.50. The Kier molecular flexibility index (Phi) is 4.51. The Bertz CT molecular complexity index is 943. The zero-order valence-corrected chi connectivity index (χ0v) is 14.8. The molecule has 0 unspecified atom stereocenters. The van der Waals surface area contributed by atoms with Crippen LogP contribution in [0, 0.1) is 0 Å². The maximum Gasteiger partial charge on any atom is 0.434 e. The normalized spacial score (nSPS) is 12.1. The van der Waals surface area contributed by atoms with Gasteiger partial charge >= 0.3 is 6.18 Å². The molecule has 0 atom stereocenters. The highest BCUT2D eigenvalue weighted by atomic mass is 19.4. The number of halogens is 3. The second-order valence-electron chi connectivity index (χ2n) is 6.47. The minimum absolute atomic E-state index is 0.846. The van der Waals surface area contributed by atoms with Crippen LogP contribution < -0.4 is 0 Å². The van der Waals surface area contributed by atoms with E-state index in [1.807, 2.05) is 91.0 Å². The minimum atomic E-state index is -4.51. The van der Waals surface area contributed by atoms with Crippen LogP contribution in [0.5, 0.6) is 0 Å². The standard InChI is InChI=1S/C23H17F3N2/c24-23(25,26)21-16-28(17-27-21)22(18-10-4-1-5-11-18,19-12-6-2-7-13-19)20-14-8-3-9-15-20/h1-17H. The zero-order chi connectivity index (χ0) is 19.6. The first-order valence-corrected chi connectivity index (χ1v) is 8.81. The van der Waals surface area contributed by atoms with Gasteiger partial charge in [0.1, 0.15) is 5.54 Å². The van der Waals surface area contributed by atoms with E-state index in [1.54, 1.807) is 4.57 Å². The fraction of sp³-hybridized carbons (Fsp3) is 0.0870. The number of rotatable bonds is 4. The molecule has 28 heavy (non-hydrogen) atoms. The molecule has 0 saturated carbocycles. The summed E-state index contributed by atoms with van der Waals surface area (Å²) in [6, 6.07) is 28.5. The largest absolute Gasteiger partial charge is 0.434 e. The van der Waals surface area contributed by atoms with E-state index >= 15 is 0 Å². The van der Waals surface area contributed by atoms with Gasteiger partial charge in [0.2, 0.25) is 0 Å². The quantitative estimate of drug-likeness (QED) is 0.414. The van der Waals surface area contributed by atoms with Crippen LogP contribution in [0.3, 0.4) is 0 Å². The molecule has 0 N–H and O–H groups in total.